The first-order valence-electron chi connectivity index (χ1n) is 11.2. The second-order valence-corrected chi connectivity index (χ2v) is 9.08. The third kappa shape index (κ3) is 7.25. The summed E-state index contributed by atoms with van der Waals surface area (Å²) in [4.78, 5) is 64.5. The van der Waals surface area contributed by atoms with E-state index < -0.39 is 35.9 Å². The molecule has 35 heavy (non-hydrogen) atoms. The minimum Gasteiger partial charge on any atom is -0.497 e. The molecule has 0 spiro atoms. The molecule has 3 rings (SSSR count). The first-order valence-corrected chi connectivity index (χ1v) is 12.3. The van der Waals surface area contributed by atoms with Gasteiger partial charge in [-0.1, -0.05) is 6.07 Å². The van der Waals surface area contributed by atoms with E-state index in [1.54, 1.807) is 24.3 Å². The molecule has 2 aliphatic rings. The van der Waals surface area contributed by atoms with Gasteiger partial charge in [-0.3, -0.25) is 19.2 Å². The molecule has 0 radical (unpaired) electrons. The monoisotopic (exact) mass is 507 g/mol. The summed E-state index contributed by atoms with van der Waals surface area (Å²) < 4.78 is 5.17. The second kappa shape index (κ2) is 12.3. The number of methoxy groups -OCH3 is 1. The Kier molecular flexibility index (Phi) is 9.18. The Morgan fingerprint density at radius 1 is 1.23 bits per heavy atom. The van der Waals surface area contributed by atoms with E-state index in [9.17, 15) is 24.0 Å². The van der Waals surface area contributed by atoms with Crippen molar-refractivity contribution in [3.63, 3.8) is 0 Å². The number of hydrogen-bond acceptors (Lipinski definition) is 7. The molecule has 4 N–H and O–H groups in total. The molecule has 1 aromatic carbocycles. The van der Waals surface area contributed by atoms with Crippen LogP contribution in [0.2, 0.25) is 0 Å². The van der Waals surface area contributed by atoms with Gasteiger partial charge in [0.2, 0.25) is 17.7 Å². The summed E-state index contributed by atoms with van der Waals surface area (Å²) in [6, 6.07) is 4.65. The number of carboxylic acids is 1. The lowest BCUT2D eigenvalue weighted by Gasteiger charge is -2.41. The fourth-order valence-electron chi connectivity index (χ4n) is 3.88. The van der Waals surface area contributed by atoms with E-state index in [0.29, 0.717) is 30.8 Å². The lowest BCUT2D eigenvalue weighted by molar-refractivity contribution is -0.142. The molecule has 2 saturated heterocycles. The number of ether oxygens (including phenoxy) is 1. The first-order chi connectivity index (χ1) is 16.8. The smallest absolute Gasteiger partial charge is 0.321 e. The van der Waals surface area contributed by atoms with Crippen LogP contribution in [-0.2, 0) is 19.2 Å². The van der Waals surface area contributed by atoms with E-state index in [1.807, 2.05) is 0 Å². The number of nitrogens with one attached hydrogen (secondary N) is 3. The summed E-state index contributed by atoms with van der Waals surface area (Å²) >= 11 is 0.934. The van der Waals surface area contributed by atoms with Gasteiger partial charge in [0.05, 0.1) is 25.2 Å². The maximum absolute atomic E-state index is 13.2. The Labute approximate surface area is 206 Å². The standard InChI is InChI=1S/C22H29N5O7S/c1-34-15-5-2-4-14(10-15)24-22(33)26-8-9-27(18(28)12-35-13-19(29)30)17(11-26)21(32)25-16-6-3-7-23-20(16)31/h2,4-5,10,16-17H,3,6-9,11-13H2,1H3,(H,23,31)(H,24,33)(H,25,32)(H,29,30)/t16-,17-/m0/s1. The van der Waals surface area contributed by atoms with Gasteiger partial charge in [-0.05, 0) is 25.0 Å². The number of hydrogen-bond donors (Lipinski definition) is 4. The molecule has 12 nitrogen and oxygen atoms in total. The van der Waals surface area contributed by atoms with Crippen LogP contribution in [0, 0.1) is 0 Å². The number of benzene rings is 1. The zero-order valence-corrected chi connectivity index (χ0v) is 20.1. The van der Waals surface area contributed by atoms with E-state index in [4.69, 9.17) is 9.84 Å². The van der Waals surface area contributed by atoms with Gasteiger partial charge in [-0.25, -0.2) is 4.79 Å². The Hall–Kier alpha value is -3.48. The van der Waals surface area contributed by atoms with Crippen LogP contribution >= 0.6 is 11.8 Å². The van der Waals surface area contributed by atoms with Gasteiger partial charge in [0.25, 0.3) is 0 Å². The zero-order chi connectivity index (χ0) is 25.4. The number of nitrogens with zero attached hydrogens (tertiary/aromatic N) is 2. The van der Waals surface area contributed by atoms with Crippen molar-refractivity contribution in [2.75, 3.05) is 50.1 Å². The summed E-state index contributed by atoms with van der Waals surface area (Å²) in [7, 11) is 1.52. The molecule has 0 unspecified atom stereocenters. The van der Waals surface area contributed by atoms with Gasteiger partial charge in [0.15, 0.2) is 0 Å². The van der Waals surface area contributed by atoms with Crippen molar-refractivity contribution in [2.24, 2.45) is 0 Å². The summed E-state index contributed by atoms with van der Waals surface area (Å²) in [5.41, 5.74) is 0.512. The number of piperidine rings is 1. The minimum atomic E-state index is -1.04. The molecular weight excluding hydrogens is 478 g/mol. The molecule has 2 fully saturated rings. The van der Waals surface area contributed by atoms with Crippen molar-refractivity contribution in [2.45, 2.75) is 24.9 Å². The van der Waals surface area contributed by atoms with Crippen LogP contribution in [0.4, 0.5) is 10.5 Å². The molecule has 190 valence electrons. The van der Waals surface area contributed by atoms with Crippen LogP contribution in [0.15, 0.2) is 24.3 Å². The summed E-state index contributed by atoms with van der Waals surface area (Å²) in [6.07, 6.45) is 1.19. The molecular formula is C22H29N5O7S. The number of amides is 5. The lowest BCUT2D eigenvalue weighted by atomic mass is 10.1. The van der Waals surface area contributed by atoms with Crippen LogP contribution in [-0.4, -0.2) is 102 Å². The highest BCUT2D eigenvalue weighted by Gasteiger charge is 2.38. The second-order valence-electron chi connectivity index (χ2n) is 8.09. The predicted octanol–water partition coefficient (Wildman–Crippen LogP) is -0.0475. The number of urea groups is 1. The molecule has 0 aromatic heterocycles. The Morgan fingerprint density at radius 3 is 2.74 bits per heavy atom. The highest BCUT2D eigenvalue weighted by molar-refractivity contribution is 8.00. The number of thioether (sulfide) groups is 1. The Bertz CT molecular complexity index is 975. The van der Waals surface area contributed by atoms with E-state index in [1.165, 1.54) is 16.9 Å². The third-order valence-corrected chi connectivity index (χ3v) is 6.57. The van der Waals surface area contributed by atoms with Gasteiger partial charge in [-0.15, -0.1) is 11.8 Å². The number of carbonyl (C=O) groups excluding carboxylic acids is 4. The van der Waals surface area contributed by atoms with Crippen LogP contribution in [0.1, 0.15) is 12.8 Å². The average Bonchev–Trinajstić information content (AvgIpc) is 2.84. The Balaban J connectivity index is 1.70. The van der Waals surface area contributed by atoms with Crippen molar-refractivity contribution < 1.29 is 33.8 Å². The first kappa shape index (κ1) is 26.1. The van der Waals surface area contributed by atoms with Crippen molar-refractivity contribution in [1.29, 1.82) is 0 Å². The number of piperazine rings is 1. The number of aliphatic carboxylic acids is 1. The van der Waals surface area contributed by atoms with Gasteiger partial charge in [0, 0.05) is 31.4 Å². The summed E-state index contributed by atoms with van der Waals surface area (Å²) in [6.45, 7) is 0.732. The Morgan fingerprint density at radius 2 is 2.03 bits per heavy atom. The van der Waals surface area contributed by atoms with E-state index in [2.05, 4.69) is 16.0 Å². The molecule has 13 heteroatoms. The maximum Gasteiger partial charge on any atom is 0.321 e. The molecule has 2 aliphatic heterocycles. The normalized spacial score (nSPS) is 20.0. The molecule has 2 heterocycles. The van der Waals surface area contributed by atoms with Gasteiger partial charge in [-0.2, -0.15) is 0 Å². The molecule has 1 aromatic rings. The predicted molar refractivity (Wildman–Crippen MR) is 128 cm³/mol. The van der Waals surface area contributed by atoms with Crippen LogP contribution in [0.25, 0.3) is 0 Å². The quantitative estimate of drug-likeness (QED) is 0.382. The largest absolute Gasteiger partial charge is 0.497 e. The number of carbonyl (C=O) groups is 5. The van der Waals surface area contributed by atoms with Crippen LogP contribution in [0.5, 0.6) is 5.75 Å². The number of anilines is 1. The highest BCUT2D eigenvalue weighted by atomic mass is 32.2. The topological polar surface area (TPSA) is 157 Å². The fraction of sp³-hybridized carbons (Fsp3) is 0.500. The van der Waals surface area contributed by atoms with Gasteiger partial charge < -0.3 is 35.6 Å². The zero-order valence-electron chi connectivity index (χ0n) is 19.3. The molecule has 0 bridgehead atoms. The average molecular weight is 508 g/mol. The van der Waals surface area contributed by atoms with Crippen molar-refractivity contribution in [3.05, 3.63) is 24.3 Å². The lowest BCUT2D eigenvalue weighted by Crippen LogP contribution is -2.64. The van der Waals surface area contributed by atoms with Crippen LogP contribution in [0.3, 0.4) is 0 Å². The summed E-state index contributed by atoms with van der Waals surface area (Å²) in [5.74, 6) is -2.06. The molecule has 0 saturated carbocycles. The van der Waals surface area contributed by atoms with Crippen LogP contribution < -0.4 is 20.7 Å². The number of carboxylic acid groups (broad SMARTS) is 1. The fourth-order valence-corrected chi connectivity index (χ4v) is 4.50. The van der Waals surface area contributed by atoms with E-state index in [0.717, 1.165) is 11.8 Å². The van der Waals surface area contributed by atoms with Gasteiger partial charge in [0.1, 0.15) is 17.8 Å². The van der Waals surface area contributed by atoms with E-state index >= 15 is 0 Å². The van der Waals surface area contributed by atoms with Crippen molar-refractivity contribution in [1.82, 2.24) is 20.4 Å². The van der Waals surface area contributed by atoms with E-state index in [-0.39, 0.29) is 37.0 Å². The molecule has 0 aliphatic carbocycles. The number of rotatable bonds is 8. The van der Waals surface area contributed by atoms with Gasteiger partial charge >= 0.3 is 12.0 Å². The third-order valence-electron chi connectivity index (χ3n) is 5.66. The SMILES string of the molecule is COc1cccc(NC(=O)N2CCN(C(=O)CSCC(=O)O)[C@H](C(=O)N[C@H]3CCCNC3=O)C2)c1. The minimum absolute atomic E-state index is 0.0781. The highest BCUT2D eigenvalue weighted by Crippen LogP contribution is 2.19. The summed E-state index contributed by atoms with van der Waals surface area (Å²) in [5, 5.41) is 17.0. The molecule has 5 amide bonds. The molecule has 2 atom stereocenters. The maximum atomic E-state index is 13.2. The van der Waals surface area contributed by atoms with Crippen molar-refractivity contribution in [3.8, 4) is 5.75 Å². The van der Waals surface area contributed by atoms with Crippen molar-refractivity contribution >= 4 is 47.2 Å².